The number of hydrogen-bond donors (Lipinski definition) is 2. The molecule has 50 heavy (non-hydrogen) atoms. The van der Waals surface area contributed by atoms with Crippen molar-refractivity contribution >= 4 is 36.2 Å². The van der Waals surface area contributed by atoms with E-state index in [1.807, 2.05) is 0 Å². The van der Waals surface area contributed by atoms with Crippen LogP contribution in [-0.4, -0.2) is 50.4 Å². The minimum absolute atomic E-state index is 0.254. The lowest BCUT2D eigenvalue weighted by molar-refractivity contribution is -0.122. The minimum Gasteiger partial charge on any atom is -0.497 e. The monoisotopic (exact) mass is 678 g/mol. The van der Waals surface area contributed by atoms with Gasteiger partial charge >= 0.3 is 11.9 Å². The summed E-state index contributed by atoms with van der Waals surface area (Å²) in [4.78, 5) is 49.6. The molecule has 12 nitrogen and oxygen atoms in total. The average molecular weight is 679 g/mol. The summed E-state index contributed by atoms with van der Waals surface area (Å²) in [5.74, 6) is 0.289. The lowest BCUT2D eigenvalue weighted by atomic mass is 10.1. The summed E-state index contributed by atoms with van der Waals surface area (Å²) in [5, 5.41) is 8.01. The van der Waals surface area contributed by atoms with Gasteiger partial charge in [0.15, 0.2) is 0 Å². The van der Waals surface area contributed by atoms with E-state index in [1.54, 1.807) is 111 Å². The van der Waals surface area contributed by atoms with Crippen LogP contribution in [0.2, 0.25) is 0 Å². The van der Waals surface area contributed by atoms with E-state index in [0.717, 1.165) is 12.8 Å². The Labute approximate surface area is 290 Å². The number of hydrogen-bond acceptors (Lipinski definition) is 10. The predicted octanol–water partition coefficient (Wildman–Crippen LogP) is 6.08. The van der Waals surface area contributed by atoms with Crippen LogP contribution in [0.15, 0.2) is 107 Å². The number of esters is 2. The third kappa shape index (κ3) is 11.7. The Morgan fingerprint density at radius 3 is 1.30 bits per heavy atom. The van der Waals surface area contributed by atoms with Crippen molar-refractivity contribution in [1.82, 2.24) is 10.9 Å². The van der Waals surface area contributed by atoms with E-state index in [4.69, 9.17) is 18.9 Å². The highest BCUT2D eigenvalue weighted by Crippen LogP contribution is 2.20. The number of nitrogens with one attached hydrogen (secondary N) is 2. The zero-order valence-electron chi connectivity index (χ0n) is 27.8. The quantitative estimate of drug-likeness (QED) is 0.0448. The van der Waals surface area contributed by atoms with E-state index < -0.39 is 11.9 Å². The molecule has 2 amide bonds. The molecule has 0 bridgehead atoms. The Morgan fingerprint density at radius 1 is 0.540 bits per heavy atom. The number of carbonyl (C=O) groups excluding carboxylic acids is 4. The molecule has 0 aliphatic rings. The van der Waals surface area contributed by atoms with E-state index in [-0.39, 0.29) is 24.7 Å². The second-order valence-electron chi connectivity index (χ2n) is 10.8. The highest BCUT2D eigenvalue weighted by molar-refractivity contribution is 5.94. The average Bonchev–Trinajstić information content (AvgIpc) is 3.14. The molecule has 0 aliphatic heterocycles. The smallest absolute Gasteiger partial charge is 0.343 e. The molecule has 0 atom stereocenters. The zero-order chi connectivity index (χ0) is 35.6. The number of unbranched alkanes of at least 4 members (excludes halogenated alkanes) is 3. The van der Waals surface area contributed by atoms with E-state index >= 15 is 0 Å². The topological polar surface area (TPSA) is 154 Å². The normalized spacial score (nSPS) is 10.8. The van der Waals surface area contributed by atoms with Crippen molar-refractivity contribution in [3.8, 4) is 23.0 Å². The molecule has 0 radical (unpaired) electrons. The Bertz CT molecular complexity index is 1670. The summed E-state index contributed by atoms with van der Waals surface area (Å²) in [7, 11) is 3.09. The molecule has 2 N–H and O–H groups in total. The van der Waals surface area contributed by atoms with Crippen molar-refractivity contribution in [3.63, 3.8) is 0 Å². The van der Waals surface area contributed by atoms with Gasteiger partial charge in [-0.2, -0.15) is 10.2 Å². The molecule has 258 valence electrons. The highest BCUT2D eigenvalue weighted by atomic mass is 16.5. The van der Waals surface area contributed by atoms with Crippen LogP contribution < -0.4 is 29.8 Å². The van der Waals surface area contributed by atoms with Gasteiger partial charge in [-0.05, 0) is 85.6 Å². The summed E-state index contributed by atoms with van der Waals surface area (Å²) in [5.41, 5.74) is 6.76. The lowest BCUT2D eigenvalue weighted by Crippen LogP contribution is -2.17. The first-order valence-electron chi connectivity index (χ1n) is 15.9. The minimum atomic E-state index is -0.533. The highest BCUT2D eigenvalue weighted by Gasteiger charge is 2.13. The van der Waals surface area contributed by atoms with Gasteiger partial charge in [-0.15, -0.1) is 0 Å². The number of amides is 2. The van der Waals surface area contributed by atoms with Crippen molar-refractivity contribution in [2.45, 2.75) is 38.5 Å². The van der Waals surface area contributed by atoms with Crippen LogP contribution in [0.4, 0.5) is 0 Å². The predicted molar refractivity (Wildman–Crippen MR) is 188 cm³/mol. The van der Waals surface area contributed by atoms with Crippen LogP contribution >= 0.6 is 0 Å². The summed E-state index contributed by atoms with van der Waals surface area (Å²) in [6.45, 7) is 0. The van der Waals surface area contributed by atoms with Crippen LogP contribution in [0.1, 0.15) is 70.4 Å². The first-order chi connectivity index (χ1) is 24.4. The number of benzene rings is 4. The molecule has 0 spiro atoms. The molecule has 0 aliphatic carbocycles. The second-order valence-corrected chi connectivity index (χ2v) is 10.8. The Balaban J connectivity index is 1.11. The molecule has 0 fully saturated rings. The number of nitrogens with zero attached hydrogens (tertiary/aromatic N) is 2. The van der Waals surface area contributed by atoms with Crippen LogP contribution in [0.25, 0.3) is 0 Å². The molecule has 0 aromatic heterocycles. The summed E-state index contributed by atoms with van der Waals surface area (Å²) in [6.07, 6.45) is 6.14. The Hall–Kier alpha value is -6.30. The fourth-order valence-electron chi connectivity index (χ4n) is 4.52. The molecule has 0 saturated carbocycles. The van der Waals surface area contributed by atoms with Gasteiger partial charge in [0.05, 0.1) is 37.8 Å². The molecular formula is C38H38N4O8. The number of para-hydroxylation sites is 2. The van der Waals surface area contributed by atoms with Crippen LogP contribution in [-0.2, 0) is 9.59 Å². The molecule has 4 rings (SSSR count). The van der Waals surface area contributed by atoms with Gasteiger partial charge in [0.1, 0.15) is 23.0 Å². The van der Waals surface area contributed by atoms with E-state index in [1.165, 1.54) is 12.4 Å². The van der Waals surface area contributed by atoms with Crippen LogP contribution in [0.5, 0.6) is 23.0 Å². The summed E-state index contributed by atoms with van der Waals surface area (Å²) in [6, 6.07) is 26.8. The molecule has 0 unspecified atom stereocenters. The molecule has 4 aromatic rings. The Kier molecular flexibility index (Phi) is 14.3. The second kappa shape index (κ2) is 19.5. The number of methoxy groups -OCH3 is 2. The summed E-state index contributed by atoms with van der Waals surface area (Å²) < 4.78 is 21.3. The molecule has 0 saturated heterocycles. The Morgan fingerprint density at radius 2 is 0.920 bits per heavy atom. The van der Waals surface area contributed by atoms with Gasteiger partial charge in [0.25, 0.3) is 0 Å². The van der Waals surface area contributed by atoms with Gasteiger partial charge in [0, 0.05) is 24.0 Å². The maximum absolute atomic E-state index is 12.5. The van der Waals surface area contributed by atoms with E-state index in [9.17, 15) is 19.2 Å². The molecule has 0 heterocycles. The first kappa shape index (κ1) is 36.5. The molecule has 12 heteroatoms. The number of ether oxygens (including phenoxy) is 4. The van der Waals surface area contributed by atoms with Gasteiger partial charge < -0.3 is 18.9 Å². The van der Waals surface area contributed by atoms with Gasteiger partial charge in [0.2, 0.25) is 11.8 Å². The van der Waals surface area contributed by atoms with E-state index in [2.05, 4.69) is 21.1 Å². The van der Waals surface area contributed by atoms with Crippen LogP contribution in [0, 0.1) is 0 Å². The SMILES string of the molecule is COc1ccc(C(=O)Oc2ccccc2/C=N/NC(=O)CCCCCCC(=O)N/N=C/c2ccccc2OC(=O)c2ccc(OC)cc2)cc1. The maximum Gasteiger partial charge on any atom is 0.343 e. The van der Waals surface area contributed by atoms with E-state index in [0.29, 0.717) is 58.1 Å². The number of rotatable bonds is 17. The fourth-order valence-corrected chi connectivity index (χ4v) is 4.52. The summed E-state index contributed by atoms with van der Waals surface area (Å²) >= 11 is 0. The van der Waals surface area contributed by atoms with Crippen LogP contribution in [0.3, 0.4) is 0 Å². The van der Waals surface area contributed by atoms with Crippen molar-refractivity contribution in [2.24, 2.45) is 10.2 Å². The zero-order valence-corrected chi connectivity index (χ0v) is 27.8. The van der Waals surface area contributed by atoms with Gasteiger partial charge in [-0.25, -0.2) is 20.4 Å². The third-order valence-corrected chi connectivity index (χ3v) is 7.24. The van der Waals surface area contributed by atoms with Crippen molar-refractivity contribution in [1.29, 1.82) is 0 Å². The lowest BCUT2D eigenvalue weighted by Gasteiger charge is -2.08. The molecular weight excluding hydrogens is 640 g/mol. The van der Waals surface area contributed by atoms with Gasteiger partial charge in [-0.3, -0.25) is 9.59 Å². The largest absolute Gasteiger partial charge is 0.497 e. The fraction of sp³-hybridized carbons (Fsp3) is 0.211. The maximum atomic E-state index is 12.5. The number of carbonyl (C=O) groups is 4. The van der Waals surface area contributed by atoms with Crippen molar-refractivity contribution in [3.05, 3.63) is 119 Å². The first-order valence-corrected chi connectivity index (χ1v) is 15.9. The van der Waals surface area contributed by atoms with Gasteiger partial charge in [-0.1, -0.05) is 37.1 Å². The third-order valence-electron chi connectivity index (χ3n) is 7.24. The van der Waals surface area contributed by atoms with Crippen molar-refractivity contribution < 1.29 is 38.1 Å². The van der Waals surface area contributed by atoms with Crippen molar-refractivity contribution in [2.75, 3.05) is 14.2 Å². The number of hydrazone groups is 2. The standard InChI is InChI=1S/C38H38N4O8/c1-47-31-21-17-27(18-22-31)37(45)49-33-13-9-7-11-29(33)25-39-41-35(43)15-5-3-4-6-16-36(44)42-40-26-30-12-8-10-14-34(30)50-38(46)28-19-23-32(48-2)24-20-28/h7-14,17-26H,3-6,15-16H2,1-2H3,(H,41,43)(H,42,44)/b39-25+,40-26+. The molecule has 4 aromatic carbocycles.